The van der Waals surface area contributed by atoms with Gasteiger partial charge in [-0.1, -0.05) is 12.8 Å². The SMILES string of the molecule is CNC1CCCCC1CN1CC2CCCN2CC1C. The summed E-state index contributed by atoms with van der Waals surface area (Å²) < 4.78 is 0. The first-order valence-electron chi connectivity index (χ1n) is 8.43. The van der Waals surface area contributed by atoms with Gasteiger partial charge in [0.2, 0.25) is 0 Å². The zero-order valence-corrected chi connectivity index (χ0v) is 12.8. The Kier molecular flexibility index (Phi) is 4.45. The zero-order chi connectivity index (χ0) is 13.2. The Bertz CT molecular complexity index is 294. The fourth-order valence-electron chi connectivity index (χ4n) is 4.61. The summed E-state index contributed by atoms with van der Waals surface area (Å²) in [6.45, 7) is 7.75. The Balaban J connectivity index is 1.58. The molecule has 2 aliphatic heterocycles. The minimum absolute atomic E-state index is 0.758. The third kappa shape index (κ3) is 2.98. The minimum atomic E-state index is 0.758. The van der Waals surface area contributed by atoms with Crippen LogP contribution < -0.4 is 5.32 Å². The molecular formula is C16H31N3. The molecule has 1 N–H and O–H groups in total. The lowest BCUT2D eigenvalue weighted by molar-refractivity contribution is 0.0384. The molecule has 110 valence electrons. The summed E-state index contributed by atoms with van der Waals surface area (Å²) in [5.41, 5.74) is 0. The molecule has 2 heterocycles. The van der Waals surface area contributed by atoms with E-state index in [-0.39, 0.29) is 0 Å². The summed E-state index contributed by atoms with van der Waals surface area (Å²) >= 11 is 0. The van der Waals surface area contributed by atoms with Crippen molar-refractivity contribution in [1.82, 2.24) is 15.1 Å². The van der Waals surface area contributed by atoms with E-state index in [4.69, 9.17) is 0 Å². The number of nitrogens with zero attached hydrogens (tertiary/aromatic N) is 2. The van der Waals surface area contributed by atoms with Gasteiger partial charge in [-0.25, -0.2) is 0 Å². The first-order valence-corrected chi connectivity index (χ1v) is 8.43. The normalized spacial score (nSPS) is 41.4. The molecule has 2 saturated heterocycles. The van der Waals surface area contributed by atoms with Gasteiger partial charge in [0, 0.05) is 37.8 Å². The van der Waals surface area contributed by atoms with Gasteiger partial charge in [0.1, 0.15) is 0 Å². The van der Waals surface area contributed by atoms with E-state index in [2.05, 4.69) is 29.1 Å². The Morgan fingerprint density at radius 3 is 2.74 bits per heavy atom. The van der Waals surface area contributed by atoms with E-state index in [1.807, 2.05) is 0 Å². The Morgan fingerprint density at radius 1 is 1.05 bits per heavy atom. The van der Waals surface area contributed by atoms with Crippen molar-refractivity contribution < 1.29 is 0 Å². The Morgan fingerprint density at radius 2 is 1.89 bits per heavy atom. The lowest BCUT2D eigenvalue weighted by Gasteiger charge is -2.45. The molecule has 0 radical (unpaired) electrons. The van der Waals surface area contributed by atoms with E-state index in [1.54, 1.807) is 0 Å². The van der Waals surface area contributed by atoms with Gasteiger partial charge in [0.15, 0.2) is 0 Å². The molecule has 3 heteroatoms. The molecule has 0 bridgehead atoms. The van der Waals surface area contributed by atoms with E-state index < -0.39 is 0 Å². The second-order valence-corrected chi connectivity index (χ2v) is 7.03. The van der Waals surface area contributed by atoms with Crippen molar-refractivity contribution in [3.8, 4) is 0 Å². The van der Waals surface area contributed by atoms with Crippen LogP contribution in [0, 0.1) is 5.92 Å². The van der Waals surface area contributed by atoms with Crippen LogP contribution in [0.5, 0.6) is 0 Å². The third-order valence-electron chi connectivity index (χ3n) is 5.82. The monoisotopic (exact) mass is 265 g/mol. The van der Waals surface area contributed by atoms with Crippen LogP contribution in [0.4, 0.5) is 0 Å². The minimum Gasteiger partial charge on any atom is -0.317 e. The van der Waals surface area contributed by atoms with E-state index in [0.29, 0.717) is 0 Å². The largest absolute Gasteiger partial charge is 0.317 e. The second-order valence-electron chi connectivity index (χ2n) is 7.03. The first kappa shape index (κ1) is 13.8. The number of fused-ring (bicyclic) bond motifs is 1. The fourth-order valence-corrected chi connectivity index (χ4v) is 4.61. The van der Waals surface area contributed by atoms with Gasteiger partial charge >= 0.3 is 0 Å². The molecule has 3 rings (SSSR count). The summed E-state index contributed by atoms with van der Waals surface area (Å²) in [7, 11) is 2.15. The maximum atomic E-state index is 3.57. The standard InChI is InChI=1S/C16H31N3/c1-13-10-18-9-5-7-15(18)12-19(13)11-14-6-3-4-8-16(14)17-2/h13-17H,3-12H2,1-2H3. The quantitative estimate of drug-likeness (QED) is 0.841. The molecule has 0 amide bonds. The van der Waals surface area contributed by atoms with Crippen LogP contribution in [-0.4, -0.2) is 61.2 Å². The number of hydrogen-bond donors (Lipinski definition) is 1. The summed E-state index contributed by atoms with van der Waals surface area (Å²) in [6.07, 6.45) is 8.55. The molecule has 1 saturated carbocycles. The van der Waals surface area contributed by atoms with Crippen LogP contribution in [0.2, 0.25) is 0 Å². The van der Waals surface area contributed by atoms with Gasteiger partial charge in [0.05, 0.1) is 0 Å². The summed E-state index contributed by atoms with van der Waals surface area (Å²) in [6, 6.07) is 2.39. The molecule has 3 fully saturated rings. The van der Waals surface area contributed by atoms with Crippen LogP contribution in [0.15, 0.2) is 0 Å². The van der Waals surface area contributed by atoms with Crippen LogP contribution in [0.1, 0.15) is 45.4 Å². The van der Waals surface area contributed by atoms with E-state index in [0.717, 1.165) is 24.0 Å². The molecule has 3 nitrogen and oxygen atoms in total. The highest BCUT2D eigenvalue weighted by atomic mass is 15.3. The molecule has 0 aromatic rings. The molecular weight excluding hydrogens is 234 g/mol. The van der Waals surface area contributed by atoms with Crippen LogP contribution in [-0.2, 0) is 0 Å². The Hall–Kier alpha value is -0.120. The third-order valence-corrected chi connectivity index (χ3v) is 5.82. The van der Waals surface area contributed by atoms with Gasteiger partial charge in [-0.05, 0) is 52.1 Å². The number of rotatable bonds is 3. The highest BCUT2D eigenvalue weighted by Crippen LogP contribution is 2.29. The highest BCUT2D eigenvalue weighted by molar-refractivity contribution is 4.92. The van der Waals surface area contributed by atoms with Crippen molar-refractivity contribution in [2.45, 2.75) is 63.6 Å². The number of piperazine rings is 1. The second kappa shape index (κ2) is 6.11. The van der Waals surface area contributed by atoms with Crippen molar-refractivity contribution in [2.24, 2.45) is 5.92 Å². The average molecular weight is 265 g/mol. The average Bonchev–Trinajstić information content (AvgIpc) is 2.87. The summed E-state index contributed by atoms with van der Waals surface area (Å²) in [5, 5.41) is 3.57. The number of nitrogens with one attached hydrogen (secondary N) is 1. The smallest absolute Gasteiger partial charge is 0.0224 e. The molecule has 0 aromatic carbocycles. The van der Waals surface area contributed by atoms with Gasteiger partial charge in [0.25, 0.3) is 0 Å². The van der Waals surface area contributed by atoms with Crippen LogP contribution in [0.3, 0.4) is 0 Å². The van der Waals surface area contributed by atoms with E-state index >= 15 is 0 Å². The van der Waals surface area contributed by atoms with Gasteiger partial charge in [-0.15, -0.1) is 0 Å². The van der Waals surface area contributed by atoms with Crippen molar-refractivity contribution in [3.63, 3.8) is 0 Å². The highest BCUT2D eigenvalue weighted by Gasteiger charge is 2.36. The van der Waals surface area contributed by atoms with Crippen molar-refractivity contribution in [3.05, 3.63) is 0 Å². The van der Waals surface area contributed by atoms with E-state index in [1.165, 1.54) is 64.7 Å². The van der Waals surface area contributed by atoms with Crippen LogP contribution >= 0.6 is 0 Å². The van der Waals surface area contributed by atoms with Crippen molar-refractivity contribution in [1.29, 1.82) is 0 Å². The summed E-state index contributed by atoms with van der Waals surface area (Å²) in [4.78, 5) is 5.53. The van der Waals surface area contributed by atoms with Gasteiger partial charge in [-0.3, -0.25) is 9.80 Å². The predicted octanol–water partition coefficient (Wildman–Crippen LogP) is 1.93. The maximum Gasteiger partial charge on any atom is 0.0224 e. The van der Waals surface area contributed by atoms with E-state index in [9.17, 15) is 0 Å². The molecule has 0 aromatic heterocycles. The topological polar surface area (TPSA) is 18.5 Å². The lowest BCUT2D eigenvalue weighted by atomic mass is 9.83. The molecule has 0 spiro atoms. The molecule has 19 heavy (non-hydrogen) atoms. The van der Waals surface area contributed by atoms with Crippen molar-refractivity contribution in [2.75, 3.05) is 33.2 Å². The van der Waals surface area contributed by atoms with Crippen LogP contribution in [0.25, 0.3) is 0 Å². The maximum absolute atomic E-state index is 3.57. The lowest BCUT2D eigenvalue weighted by Crippen LogP contribution is -2.57. The molecule has 3 aliphatic rings. The van der Waals surface area contributed by atoms with Gasteiger partial charge < -0.3 is 5.32 Å². The zero-order valence-electron chi connectivity index (χ0n) is 12.8. The summed E-state index contributed by atoms with van der Waals surface area (Å²) in [5.74, 6) is 0.883. The van der Waals surface area contributed by atoms with Gasteiger partial charge in [-0.2, -0.15) is 0 Å². The Labute approximate surface area is 118 Å². The first-order chi connectivity index (χ1) is 9.28. The molecule has 4 unspecified atom stereocenters. The molecule has 1 aliphatic carbocycles. The molecule has 4 atom stereocenters. The van der Waals surface area contributed by atoms with Crippen molar-refractivity contribution >= 4 is 0 Å². The predicted molar refractivity (Wildman–Crippen MR) is 80.4 cm³/mol. The number of hydrogen-bond acceptors (Lipinski definition) is 3. The fraction of sp³-hybridized carbons (Fsp3) is 1.00.